The number of rotatable bonds is 4. The van der Waals surface area contributed by atoms with E-state index in [-0.39, 0.29) is 30.1 Å². The van der Waals surface area contributed by atoms with Crippen LogP contribution in [0, 0.1) is 0 Å². The van der Waals surface area contributed by atoms with Crippen LogP contribution in [0.15, 0.2) is 54.3 Å². The number of halogens is 1. The first-order valence-electron chi connectivity index (χ1n) is 9.22. The van der Waals surface area contributed by atoms with E-state index in [0.717, 1.165) is 30.3 Å². The SMILES string of the molecule is CN=C(NCc1ccc(-n2cncn2)cc1)N1CCOC(c2cnn(C)c2)C1.I. The maximum Gasteiger partial charge on any atom is 0.194 e. The van der Waals surface area contributed by atoms with Gasteiger partial charge in [-0.05, 0) is 17.7 Å². The molecule has 3 heterocycles. The third-order valence-electron chi connectivity index (χ3n) is 4.74. The van der Waals surface area contributed by atoms with E-state index in [1.807, 2.05) is 38.6 Å². The fourth-order valence-corrected chi connectivity index (χ4v) is 3.27. The molecule has 0 aliphatic carbocycles. The molecule has 1 aliphatic rings. The third kappa shape index (κ3) is 5.12. The number of nitrogens with zero attached hydrogens (tertiary/aromatic N) is 7. The molecule has 0 spiro atoms. The van der Waals surface area contributed by atoms with Crippen LogP contribution in [0.2, 0.25) is 0 Å². The minimum absolute atomic E-state index is 0. The Hall–Kier alpha value is -2.47. The Morgan fingerprint density at radius 1 is 1.28 bits per heavy atom. The number of guanidine groups is 1. The highest BCUT2D eigenvalue weighted by atomic mass is 127. The number of nitrogens with one attached hydrogen (secondary N) is 1. The Morgan fingerprint density at radius 3 is 2.76 bits per heavy atom. The normalized spacial score (nSPS) is 17.1. The average Bonchev–Trinajstić information content (AvgIpc) is 3.41. The van der Waals surface area contributed by atoms with Gasteiger partial charge in [0, 0.05) is 38.9 Å². The molecule has 0 radical (unpaired) electrons. The van der Waals surface area contributed by atoms with E-state index in [1.54, 1.807) is 15.7 Å². The summed E-state index contributed by atoms with van der Waals surface area (Å²) in [5.74, 6) is 0.873. The zero-order valence-corrected chi connectivity index (χ0v) is 18.8. The van der Waals surface area contributed by atoms with Crippen molar-refractivity contribution in [2.24, 2.45) is 12.0 Å². The Bertz CT molecular complexity index is 922. The molecule has 4 rings (SSSR count). The minimum atomic E-state index is 0. The van der Waals surface area contributed by atoms with Gasteiger partial charge in [0.05, 0.1) is 25.0 Å². The number of aryl methyl sites for hydroxylation is 1. The van der Waals surface area contributed by atoms with Crippen LogP contribution in [0.4, 0.5) is 0 Å². The summed E-state index contributed by atoms with van der Waals surface area (Å²) in [7, 11) is 3.73. The molecule has 1 unspecified atom stereocenters. The second kappa shape index (κ2) is 9.83. The van der Waals surface area contributed by atoms with Gasteiger partial charge >= 0.3 is 0 Å². The van der Waals surface area contributed by atoms with Gasteiger partial charge in [0.1, 0.15) is 18.8 Å². The highest BCUT2D eigenvalue weighted by Crippen LogP contribution is 2.21. The molecule has 0 amide bonds. The van der Waals surface area contributed by atoms with Crippen LogP contribution >= 0.6 is 24.0 Å². The van der Waals surface area contributed by atoms with Crippen molar-refractivity contribution in [1.29, 1.82) is 0 Å². The number of morpholine rings is 1. The van der Waals surface area contributed by atoms with Crippen molar-refractivity contribution in [3.63, 3.8) is 0 Å². The van der Waals surface area contributed by atoms with E-state index in [0.29, 0.717) is 13.2 Å². The van der Waals surface area contributed by atoms with E-state index < -0.39 is 0 Å². The molecule has 1 fully saturated rings. The summed E-state index contributed by atoms with van der Waals surface area (Å²) < 4.78 is 9.46. The van der Waals surface area contributed by atoms with Gasteiger partial charge in [0.2, 0.25) is 0 Å². The zero-order valence-electron chi connectivity index (χ0n) is 16.5. The van der Waals surface area contributed by atoms with Crippen molar-refractivity contribution in [3.05, 3.63) is 60.4 Å². The summed E-state index contributed by atoms with van der Waals surface area (Å²) in [6.45, 7) is 2.91. The largest absolute Gasteiger partial charge is 0.370 e. The van der Waals surface area contributed by atoms with Crippen molar-refractivity contribution < 1.29 is 4.74 Å². The molecule has 1 atom stereocenters. The van der Waals surface area contributed by atoms with Gasteiger partial charge in [-0.15, -0.1) is 24.0 Å². The molecule has 154 valence electrons. The molecule has 0 bridgehead atoms. The molecule has 2 aromatic heterocycles. The maximum absolute atomic E-state index is 5.92. The smallest absolute Gasteiger partial charge is 0.194 e. The Kier molecular flexibility index (Phi) is 7.20. The molecule has 1 aromatic carbocycles. The third-order valence-corrected chi connectivity index (χ3v) is 4.74. The zero-order chi connectivity index (χ0) is 19.3. The lowest BCUT2D eigenvalue weighted by Gasteiger charge is -2.34. The molecular weight excluding hydrogens is 483 g/mol. The molecule has 1 saturated heterocycles. The van der Waals surface area contributed by atoms with E-state index in [1.165, 1.54) is 11.9 Å². The van der Waals surface area contributed by atoms with Crippen LogP contribution in [0.5, 0.6) is 0 Å². The number of ether oxygens (including phenoxy) is 1. The first kappa shape index (κ1) is 21.2. The van der Waals surface area contributed by atoms with E-state index >= 15 is 0 Å². The molecule has 1 N–H and O–H groups in total. The molecule has 0 saturated carbocycles. The van der Waals surface area contributed by atoms with Crippen LogP contribution in [0.25, 0.3) is 5.69 Å². The number of aromatic nitrogens is 5. The van der Waals surface area contributed by atoms with Gasteiger partial charge in [-0.1, -0.05) is 12.1 Å². The highest BCUT2D eigenvalue weighted by molar-refractivity contribution is 14.0. The topological polar surface area (TPSA) is 85.4 Å². The second-order valence-electron chi connectivity index (χ2n) is 6.66. The summed E-state index contributed by atoms with van der Waals surface area (Å²) in [4.78, 5) is 10.7. The predicted octanol–water partition coefficient (Wildman–Crippen LogP) is 1.77. The second-order valence-corrected chi connectivity index (χ2v) is 6.66. The predicted molar refractivity (Wildman–Crippen MR) is 120 cm³/mol. The maximum atomic E-state index is 5.92. The van der Waals surface area contributed by atoms with Crippen LogP contribution < -0.4 is 5.32 Å². The fraction of sp³-hybridized carbons (Fsp3) is 0.368. The number of hydrogen-bond acceptors (Lipinski definition) is 5. The summed E-state index contributed by atoms with van der Waals surface area (Å²) in [5, 5.41) is 11.8. The average molecular weight is 508 g/mol. The molecule has 3 aromatic rings. The van der Waals surface area contributed by atoms with Gasteiger partial charge < -0.3 is 15.0 Å². The van der Waals surface area contributed by atoms with E-state index in [4.69, 9.17) is 4.74 Å². The lowest BCUT2D eigenvalue weighted by molar-refractivity contribution is -0.00805. The van der Waals surface area contributed by atoms with Crippen molar-refractivity contribution >= 4 is 29.9 Å². The molecule has 10 heteroatoms. The lowest BCUT2D eigenvalue weighted by Crippen LogP contribution is -2.47. The lowest BCUT2D eigenvalue weighted by atomic mass is 10.1. The fourth-order valence-electron chi connectivity index (χ4n) is 3.27. The first-order chi connectivity index (χ1) is 13.7. The monoisotopic (exact) mass is 508 g/mol. The van der Waals surface area contributed by atoms with Gasteiger partial charge in [-0.2, -0.15) is 10.2 Å². The number of benzene rings is 1. The molecule has 9 nitrogen and oxygen atoms in total. The van der Waals surface area contributed by atoms with Gasteiger partial charge in [0.25, 0.3) is 0 Å². The van der Waals surface area contributed by atoms with Gasteiger partial charge in [0.15, 0.2) is 5.96 Å². The minimum Gasteiger partial charge on any atom is -0.370 e. The van der Waals surface area contributed by atoms with Crippen molar-refractivity contribution in [2.45, 2.75) is 12.6 Å². The summed E-state index contributed by atoms with van der Waals surface area (Å²) >= 11 is 0. The van der Waals surface area contributed by atoms with Crippen LogP contribution in [-0.2, 0) is 18.3 Å². The number of hydrogen-bond donors (Lipinski definition) is 1. The summed E-state index contributed by atoms with van der Waals surface area (Å²) in [6.07, 6.45) is 7.08. The van der Waals surface area contributed by atoms with Crippen molar-refractivity contribution in [1.82, 2.24) is 34.8 Å². The summed E-state index contributed by atoms with van der Waals surface area (Å²) in [6, 6.07) is 8.22. The number of aliphatic imine (C=N–C) groups is 1. The van der Waals surface area contributed by atoms with Gasteiger partial charge in [-0.25, -0.2) is 9.67 Å². The van der Waals surface area contributed by atoms with Crippen LogP contribution in [0.1, 0.15) is 17.2 Å². The van der Waals surface area contributed by atoms with E-state index in [9.17, 15) is 0 Å². The molecule has 1 aliphatic heterocycles. The molecule has 29 heavy (non-hydrogen) atoms. The quantitative estimate of drug-likeness (QED) is 0.329. The van der Waals surface area contributed by atoms with Gasteiger partial charge in [-0.3, -0.25) is 9.67 Å². The highest BCUT2D eigenvalue weighted by Gasteiger charge is 2.25. The van der Waals surface area contributed by atoms with Crippen molar-refractivity contribution in [2.75, 3.05) is 26.7 Å². The van der Waals surface area contributed by atoms with E-state index in [2.05, 4.69) is 42.5 Å². The Morgan fingerprint density at radius 2 is 2.10 bits per heavy atom. The summed E-state index contributed by atoms with van der Waals surface area (Å²) in [5.41, 5.74) is 3.24. The van der Waals surface area contributed by atoms with Crippen LogP contribution in [-0.4, -0.2) is 62.1 Å². The van der Waals surface area contributed by atoms with Crippen molar-refractivity contribution in [3.8, 4) is 5.69 Å². The Balaban J connectivity index is 0.00000240. The molecular formula is C19H25IN8O. The first-order valence-corrected chi connectivity index (χ1v) is 9.22. The Labute approximate surface area is 186 Å². The standard InChI is InChI=1S/C19H24N8O.HI/c1-20-19(26-7-8-28-18(12-26)16-10-23-25(2)11-16)22-9-15-3-5-17(6-4-15)27-14-21-13-24-27;/h3-6,10-11,13-14,18H,7-9,12H2,1-2H3,(H,20,22);1H. The van der Waals surface area contributed by atoms with Crippen LogP contribution in [0.3, 0.4) is 0 Å².